The van der Waals surface area contributed by atoms with Crippen LogP contribution in [0.2, 0.25) is 5.02 Å². The lowest BCUT2D eigenvalue weighted by Gasteiger charge is -2.20. The number of benzene rings is 1. The fourth-order valence-electron chi connectivity index (χ4n) is 1.82. The highest BCUT2D eigenvalue weighted by atomic mass is 35.5. The minimum atomic E-state index is -0.540. The van der Waals surface area contributed by atoms with E-state index in [0.717, 1.165) is 0 Å². The molecule has 0 bridgehead atoms. The molecule has 0 aliphatic carbocycles. The Balaban J connectivity index is 0.000000500. The number of nitrogens with one attached hydrogen (secondary N) is 1. The number of aliphatic hydroxyl groups is 1. The van der Waals surface area contributed by atoms with E-state index in [1.165, 1.54) is 6.20 Å². The summed E-state index contributed by atoms with van der Waals surface area (Å²) >= 11 is 5.85. The summed E-state index contributed by atoms with van der Waals surface area (Å²) in [7, 11) is 0. The highest BCUT2D eigenvalue weighted by Crippen LogP contribution is 2.30. The molecule has 0 saturated heterocycles. The summed E-state index contributed by atoms with van der Waals surface area (Å²) in [4.78, 5) is 25.0. The number of para-hydroxylation sites is 1. The third-order valence-electron chi connectivity index (χ3n) is 3.03. The van der Waals surface area contributed by atoms with Crippen LogP contribution in [0.5, 0.6) is 0 Å². The first-order valence-corrected chi connectivity index (χ1v) is 9.44. The molecule has 0 spiro atoms. The molecule has 9 nitrogen and oxygen atoms in total. The summed E-state index contributed by atoms with van der Waals surface area (Å²) in [5.74, 6) is 0. The number of hydrogen-bond donors (Lipinski definition) is 3. The summed E-state index contributed by atoms with van der Waals surface area (Å²) < 4.78 is 4.95. The Kier molecular flexibility index (Phi) is 11.8. The molecule has 29 heavy (non-hydrogen) atoms. The molecule has 1 heterocycles. The van der Waals surface area contributed by atoms with Crippen molar-refractivity contribution in [2.45, 2.75) is 46.3 Å². The van der Waals surface area contributed by atoms with E-state index < -0.39 is 22.7 Å². The Morgan fingerprint density at radius 2 is 1.97 bits per heavy atom. The Labute approximate surface area is 175 Å². The standard InChI is InChI=1S/C9H5ClN2O2.C8H18N2O3.C2H6/c10-9-6-3-1-2-4-7(6)11-5-8(9)12(13)14;1-8(2,3)13-7(12)10-4-6(9)5-11;1-2/h1-5H;6,11H,4-5,9H2,1-3H3,(H,10,12);1-2H3. The number of nitro groups is 1. The minimum absolute atomic E-state index is 0.139. The maximum Gasteiger partial charge on any atom is 0.407 e. The van der Waals surface area contributed by atoms with E-state index in [2.05, 4.69) is 10.3 Å². The number of rotatable bonds is 4. The zero-order valence-electron chi connectivity index (χ0n) is 17.3. The van der Waals surface area contributed by atoms with Gasteiger partial charge in [0.1, 0.15) is 16.8 Å². The monoisotopic (exact) mass is 428 g/mol. The van der Waals surface area contributed by atoms with Gasteiger partial charge in [-0.2, -0.15) is 0 Å². The number of carbonyl (C=O) groups is 1. The molecule has 1 unspecified atom stereocenters. The molecule has 1 aromatic carbocycles. The fraction of sp³-hybridized carbons (Fsp3) is 0.474. The topological polar surface area (TPSA) is 141 Å². The maximum absolute atomic E-state index is 11.0. The fourth-order valence-corrected chi connectivity index (χ4v) is 2.10. The van der Waals surface area contributed by atoms with Gasteiger partial charge in [0.05, 0.1) is 17.0 Å². The maximum atomic E-state index is 11.0. The van der Waals surface area contributed by atoms with Crippen LogP contribution >= 0.6 is 11.6 Å². The van der Waals surface area contributed by atoms with Crippen LogP contribution in [0.25, 0.3) is 10.9 Å². The summed E-state index contributed by atoms with van der Waals surface area (Å²) in [6, 6.07) is 6.59. The Morgan fingerprint density at radius 3 is 2.48 bits per heavy atom. The van der Waals surface area contributed by atoms with Crippen molar-refractivity contribution in [1.82, 2.24) is 10.3 Å². The largest absolute Gasteiger partial charge is 0.444 e. The van der Waals surface area contributed by atoms with Crippen LogP contribution in [-0.4, -0.2) is 45.9 Å². The first-order valence-electron chi connectivity index (χ1n) is 9.06. The molecule has 2 aromatic rings. The zero-order chi connectivity index (χ0) is 22.6. The molecule has 1 atom stereocenters. The number of nitrogens with two attached hydrogens (primary N) is 1. The molecule has 162 valence electrons. The molecule has 0 radical (unpaired) electrons. The SMILES string of the molecule is CC.CC(C)(C)OC(=O)NCC(N)CO.O=[N+]([O-])c1cnc2ccccc2c1Cl. The molecule has 0 saturated carbocycles. The average Bonchev–Trinajstić information content (AvgIpc) is 2.67. The van der Waals surface area contributed by atoms with Gasteiger partial charge in [-0.15, -0.1) is 0 Å². The predicted molar refractivity (Wildman–Crippen MR) is 114 cm³/mol. The number of nitrogens with zero attached hydrogens (tertiary/aromatic N) is 2. The van der Waals surface area contributed by atoms with E-state index in [1.54, 1.807) is 45.0 Å². The summed E-state index contributed by atoms with van der Waals surface area (Å²) in [5, 5.41) is 22.3. The minimum Gasteiger partial charge on any atom is -0.444 e. The number of ether oxygens (including phenoxy) is 1. The number of aromatic nitrogens is 1. The van der Waals surface area contributed by atoms with Crippen molar-refractivity contribution in [3.8, 4) is 0 Å². The molecule has 1 amide bonds. The molecule has 4 N–H and O–H groups in total. The molecular formula is C19H29ClN4O5. The van der Waals surface area contributed by atoms with Gasteiger partial charge in [-0.1, -0.05) is 43.6 Å². The Morgan fingerprint density at radius 1 is 1.38 bits per heavy atom. The van der Waals surface area contributed by atoms with E-state index in [0.29, 0.717) is 10.9 Å². The van der Waals surface area contributed by atoms with Crippen LogP contribution in [0.15, 0.2) is 30.5 Å². The van der Waals surface area contributed by atoms with Crippen LogP contribution in [0, 0.1) is 10.1 Å². The number of carbonyl (C=O) groups excluding carboxylic acids is 1. The number of alkyl carbamates (subject to hydrolysis) is 1. The van der Waals surface area contributed by atoms with Crippen LogP contribution in [0.3, 0.4) is 0 Å². The molecule has 0 fully saturated rings. The van der Waals surface area contributed by atoms with Crippen molar-refractivity contribution in [3.63, 3.8) is 0 Å². The third-order valence-corrected chi connectivity index (χ3v) is 3.43. The van der Waals surface area contributed by atoms with Gasteiger partial charge in [-0.05, 0) is 26.8 Å². The predicted octanol–water partition coefficient (Wildman–Crippen LogP) is 3.65. The summed E-state index contributed by atoms with van der Waals surface area (Å²) in [6.45, 7) is 9.39. The molecule has 1 aromatic heterocycles. The molecule has 0 aliphatic rings. The Bertz CT molecular complexity index is 796. The van der Waals surface area contributed by atoms with Crippen LogP contribution < -0.4 is 11.1 Å². The van der Waals surface area contributed by atoms with Gasteiger partial charge in [0.25, 0.3) is 0 Å². The molecule has 10 heteroatoms. The second-order valence-electron chi connectivity index (χ2n) is 6.56. The first-order chi connectivity index (χ1) is 13.5. The van der Waals surface area contributed by atoms with E-state index in [1.807, 2.05) is 13.8 Å². The summed E-state index contributed by atoms with van der Waals surface area (Å²) in [5.41, 5.74) is 5.35. The van der Waals surface area contributed by atoms with Gasteiger partial charge in [-0.25, -0.2) is 9.78 Å². The van der Waals surface area contributed by atoms with Crippen molar-refractivity contribution < 1.29 is 19.6 Å². The quantitative estimate of drug-likeness (QED) is 0.498. The van der Waals surface area contributed by atoms with Crippen molar-refractivity contribution in [1.29, 1.82) is 0 Å². The van der Waals surface area contributed by atoms with E-state index in [-0.39, 0.29) is 23.9 Å². The van der Waals surface area contributed by atoms with E-state index >= 15 is 0 Å². The van der Waals surface area contributed by atoms with Crippen molar-refractivity contribution in [2.24, 2.45) is 5.73 Å². The smallest absolute Gasteiger partial charge is 0.407 e. The average molecular weight is 429 g/mol. The number of pyridine rings is 1. The number of amides is 1. The van der Waals surface area contributed by atoms with Crippen LogP contribution in [-0.2, 0) is 4.74 Å². The lowest BCUT2D eigenvalue weighted by Crippen LogP contribution is -2.41. The number of halogens is 1. The van der Waals surface area contributed by atoms with Gasteiger partial charge in [0, 0.05) is 18.0 Å². The normalized spacial score (nSPS) is 11.3. The number of fused-ring (bicyclic) bond motifs is 1. The van der Waals surface area contributed by atoms with Gasteiger partial charge in [0.15, 0.2) is 0 Å². The van der Waals surface area contributed by atoms with Gasteiger partial charge < -0.3 is 20.9 Å². The van der Waals surface area contributed by atoms with Crippen LogP contribution in [0.4, 0.5) is 10.5 Å². The molecule has 0 aliphatic heterocycles. The number of hydrogen-bond acceptors (Lipinski definition) is 7. The van der Waals surface area contributed by atoms with Crippen molar-refractivity contribution in [3.05, 3.63) is 45.6 Å². The highest BCUT2D eigenvalue weighted by Gasteiger charge is 2.16. The van der Waals surface area contributed by atoms with Gasteiger partial charge >= 0.3 is 11.8 Å². The zero-order valence-corrected chi connectivity index (χ0v) is 18.1. The van der Waals surface area contributed by atoms with Gasteiger partial charge in [-0.3, -0.25) is 10.1 Å². The Hall–Kier alpha value is -2.49. The molecular weight excluding hydrogens is 400 g/mol. The van der Waals surface area contributed by atoms with Gasteiger partial charge in [0.2, 0.25) is 0 Å². The van der Waals surface area contributed by atoms with Crippen LogP contribution in [0.1, 0.15) is 34.6 Å². The lowest BCUT2D eigenvalue weighted by atomic mass is 10.2. The van der Waals surface area contributed by atoms with E-state index in [4.69, 9.17) is 27.2 Å². The van der Waals surface area contributed by atoms with Crippen molar-refractivity contribution >= 4 is 34.3 Å². The second kappa shape index (κ2) is 12.9. The number of aliphatic hydroxyl groups excluding tert-OH is 1. The van der Waals surface area contributed by atoms with Crippen molar-refractivity contribution in [2.75, 3.05) is 13.2 Å². The second-order valence-corrected chi connectivity index (χ2v) is 6.94. The lowest BCUT2D eigenvalue weighted by molar-refractivity contribution is -0.384. The third kappa shape index (κ3) is 10.0. The molecule has 2 rings (SSSR count). The van der Waals surface area contributed by atoms with E-state index in [9.17, 15) is 14.9 Å². The highest BCUT2D eigenvalue weighted by molar-refractivity contribution is 6.37. The first kappa shape index (κ1) is 26.5. The summed E-state index contributed by atoms with van der Waals surface area (Å²) in [6.07, 6.45) is 0.654.